The van der Waals surface area contributed by atoms with Gasteiger partial charge < -0.3 is 9.47 Å². The first-order chi connectivity index (χ1) is 10.4. The molecule has 2 nitrogen and oxygen atoms in total. The van der Waals surface area contributed by atoms with Crippen molar-refractivity contribution in [3.8, 4) is 0 Å². The Labute approximate surface area is 134 Å². The number of hydrogen-bond acceptors (Lipinski definition) is 2. The van der Waals surface area contributed by atoms with Gasteiger partial charge in [-0.1, -0.05) is 51.1 Å². The molecule has 2 heteroatoms. The fourth-order valence-corrected chi connectivity index (χ4v) is 5.60. The second-order valence-electron chi connectivity index (χ2n) is 8.36. The van der Waals surface area contributed by atoms with Crippen molar-refractivity contribution >= 4 is 0 Å². The van der Waals surface area contributed by atoms with E-state index >= 15 is 0 Å². The Morgan fingerprint density at radius 1 is 1.18 bits per heavy atom. The van der Waals surface area contributed by atoms with Crippen LogP contribution < -0.4 is 0 Å². The van der Waals surface area contributed by atoms with Crippen molar-refractivity contribution in [3.63, 3.8) is 0 Å². The van der Waals surface area contributed by atoms with Gasteiger partial charge in [0, 0.05) is 6.42 Å². The largest absolute Gasteiger partial charge is 0.349 e. The van der Waals surface area contributed by atoms with Crippen LogP contribution in [-0.4, -0.2) is 12.4 Å². The first kappa shape index (κ1) is 14.7. The molecule has 0 N–H and O–H groups in total. The molecule has 6 atom stereocenters. The minimum absolute atomic E-state index is 0.0266. The second kappa shape index (κ2) is 4.82. The third kappa shape index (κ3) is 1.86. The first-order valence-electron chi connectivity index (χ1n) is 8.79. The molecular weight excluding hydrogens is 272 g/mol. The average Bonchev–Trinajstić information content (AvgIpc) is 3.05. The summed E-state index contributed by atoms with van der Waals surface area (Å²) in [6, 6.07) is 10.5. The van der Waals surface area contributed by atoms with Gasteiger partial charge in [-0.2, -0.15) is 0 Å². The maximum Gasteiger partial charge on any atom is 0.159 e. The van der Waals surface area contributed by atoms with Gasteiger partial charge in [-0.3, -0.25) is 0 Å². The van der Waals surface area contributed by atoms with E-state index in [1.54, 1.807) is 0 Å². The Morgan fingerprint density at radius 2 is 1.91 bits per heavy atom. The highest BCUT2D eigenvalue weighted by molar-refractivity contribution is 5.18. The molecule has 0 aromatic heterocycles. The normalized spacial score (nSPS) is 43.3. The predicted octanol–water partition coefficient (Wildman–Crippen LogP) is 4.95. The van der Waals surface area contributed by atoms with Crippen LogP contribution >= 0.6 is 0 Å². The van der Waals surface area contributed by atoms with E-state index in [0.717, 1.165) is 12.3 Å². The van der Waals surface area contributed by atoms with Crippen molar-refractivity contribution < 1.29 is 9.47 Å². The van der Waals surface area contributed by atoms with Crippen LogP contribution in [0.4, 0.5) is 0 Å². The SMILES string of the molecule is C[C@@H](O[C@@H]1C[C@H]2[C@H]3CC[C@@](C)([C@H]2O1)C3(C)C)c1ccccc1. The van der Waals surface area contributed by atoms with Gasteiger partial charge in [0.1, 0.15) is 0 Å². The number of rotatable bonds is 3. The second-order valence-corrected chi connectivity index (χ2v) is 8.36. The van der Waals surface area contributed by atoms with Crippen LogP contribution in [0.2, 0.25) is 0 Å². The maximum atomic E-state index is 6.43. The average molecular weight is 300 g/mol. The molecule has 1 aromatic rings. The first-order valence-corrected chi connectivity index (χ1v) is 8.79. The smallest absolute Gasteiger partial charge is 0.159 e. The summed E-state index contributed by atoms with van der Waals surface area (Å²) in [6.45, 7) is 9.48. The molecule has 3 fully saturated rings. The maximum absolute atomic E-state index is 6.43. The van der Waals surface area contributed by atoms with E-state index in [9.17, 15) is 0 Å². The molecule has 1 aromatic carbocycles. The van der Waals surface area contributed by atoms with Gasteiger partial charge in [-0.25, -0.2) is 0 Å². The minimum Gasteiger partial charge on any atom is -0.349 e. The molecule has 1 aliphatic heterocycles. The van der Waals surface area contributed by atoms with Crippen LogP contribution in [0.15, 0.2) is 30.3 Å². The third-order valence-electron chi connectivity index (χ3n) is 7.30. The van der Waals surface area contributed by atoms with E-state index < -0.39 is 0 Å². The van der Waals surface area contributed by atoms with Crippen molar-refractivity contribution in [2.24, 2.45) is 22.7 Å². The summed E-state index contributed by atoms with van der Waals surface area (Å²) < 4.78 is 12.7. The Kier molecular flexibility index (Phi) is 3.22. The Bertz CT molecular complexity index is 552. The monoisotopic (exact) mass is 300 g/mol. The van der Waals surface area contributed by atoms with Gasteiger partial charge in [-0.15, -0.1) is 0 Å². The summed E-state index contributed by atoms with van der Waals surface area (Å²) in [4.78, 5) is 0. The zero-order valence-electron chi connectivity index (χ0n) is 14.2. The highest BCUT2D eigenvalue weighted by atomic mass is 16.7. The fourth-order valence-electron chi connectivity index (χ4n) is 5.60. The zero-order chi connectivity index (χ0) is 15.5. The van der Waals surface area contributed by atoms with Crippen LogP contribution in [0.25, 0.3) is 0 Å². The number of hydrogen-bond donors (Lipinski definition) is 0. The number of ether oxygens (including phenoxy) is 2. The number of benzene rings is 1. The third-order valence-corrected chi connectivity index (χ3v) is 7.30. The van der Waals surface area contributed by atoms with Gasteiger partial charge in [-0.05, 0) is 48.0 Å². The van der Waals surface area contributed by atoms with Gasteiger partial charge in [0.15, 0.2) is 6.29 Å². The Morgan fingerprint density at radius 3 is 2.59 bits per heavy atom. The molecule has 3 aliphatic rings. The molecule has 120 valence electrons. The van der Waals surface area contributed by atoms with Gasteiger partial charge in [0.25, 0.3) is 0 Å². The zero-order valence-corrected chi connectivity index (χ0v) is 14.2. The molecule has 0 radical (unpaired) electrons. The molecule has 1 heterocycles. The lowest BCUT2D eigenvalue weighted by atomic mass is 9.70. The van der Waals surface area contributed by atoms with Crippen molar-refractivity contribution in [1.29, 1.82) is 0 Å². The van der Waals surface area contributed by atoms with E-state index in [2.05, 4.69) is 52.0 Å². The topological polar surface area (TPSA) is 18.5 Å². The van der Waals surface area contributed by atoms with Crippen LogP contribution in [-0.2, 0) is 9.47 Å². The van der Waals surface area contributed by atoms with Gasteiger partial charge >= 0.3 is 0 Å². The summed E-state index contributed by atoms with van der Waals surface area (Å²) in [5, 5.41) is 0. The Hall–Kier alpha value is -0.860. The van der Waals surface area contributed by atoms with E-state index in [-0.39, 0.29) is 12.4 Å². The summed E-state index contributed by atoms with van der Waals surface area (Å²) in [6.07, 6.45) is 4.23. The van der Waals surface area contributed by atoms with E-state index in [0.29, 0.717) is 22.9 Å². The highest BCUT2D eigenvalue weighted by Crippen LogP contribution is 2.71. The molecule has 2 saturated carbocycles. The van der Waals surface area contributed by atoms with Crippen LogP contribution in [0, 0.1) is 22.7 Å². The molecule has 2 bridgehead atoms. The van der Waals surface area contributed by atoms with Crippen LogP contribution in [0.1, 0.15) is 58.6 Å². The standard InChI is InChI=1S/C20H28O2/c1-13(14-8-6-5-7-9-14)21-17-12-15-16-10-11-20(4,18(15)22-17)19(16,2)3/h5-9,13,15-18H,10-12H2,1-4H3/t13-,15+,16-,17+,18+,20+/m1/s1. The minimum atomic E-state index is -0.0266. The molecule has 0 spiro atoms. The molecule has 22 heavy (non-hydrogen) atoms. The molecule has 4 rings (SSSR count). The van der Waals surface area contributed by atoms with Gasteiger partial charge in [0.05, 0.1) is 12.2 Å². The summed E-state index contributed by atoms with van der Waals surface area (Å²) >= 11 is 0. The summed E-state index contributed by atoms with van der Waals surface area (Å²) in [5.74, 6) is 1.50. The van der Waals surface area contributed by atoms with E-state index in [4.69, 9.17) is 9.47 Å². The van der Waals surface area contributed by atoms with E-state index in [1.165, 1.54) is 18.4 Å². The van der Waals surface area contributed by atoms with E-state index in [1.807, 2.05) is 6.07 Å². The molecule has 0 unspecified atom stereocenters. The lowest BCUT2D eigenvalue weighted by molar-refractivity contribution is -0.184. The molecular formula is C20H28O2. The van der Waals surface area contributed by atoms with Crippen LogP contribution in [0.3, 0.4) is 0 Å². The summed E-state index contributed by atoms with van der Waals surface area (Å²) in [5.41, 5.74) is 1.98. The van der Waals surface area contributed by atoms with Crippen molar-refractivity contribution in [3.05, 3.63) is 35.9 Å². The highest BCUT2D eigenvalue weighted by Gasteiger charge is 2.69. The van der Waals surface area contributed by atoms with Crippen molar-refractivity contribution in [2.75, 3.05) is 0 Å². The Balaban J connectivity index is 1.47. The van der Waals surface area contributed by atoms with Crippen molar-refractivity contribution in [1.82, 2.24) is 0 Å². The molecule has 0 amide bonds. The molecule has 1 saturated heterocycles. The van der Waals surface area contributed by atoms with Crippen LogP contribution in [0.5, 0.6) is 0 Å². The lowest BCUT2D eigenvalue weighted by Gasteiger charge is -2.38. The van der Waals surface area contributed by atoms with Gasteiger partial charge in [0.2, 0.25) is 0 Å². The lowest BCUT2D eigenvalue weighted by Crippen LogP contribution is -2.38. The quantitative estimate of drug-likeness (QED) is 0.786. The fraction of sp³-hybridized carbons (Fsp3) is 0.700. The van der Waals surface area contributed by atoms with Crippen molar-refractivity contribution in [2.45, 2.75) is 65.5 Å². The molecule has 2 aliphatic carbocycles. The number of fused-ring (bicyclic) bond motifs is 5. The summed E-state index contributed by atoms with van der Waals surface area (Å²) in [7, 11) is 0. The predicted molar refractivity (Wildman–Crippen MR) is 87.3 cm³/mol.